The summed E-state index contributed by atoms with van der Waals surface area (Å²) in [6.45, 7) is 0.217. The molecule has 4 heteroatoms. The van der Waals surface area contributed by atoms with Crippen molar-refractivity contribution in [3.63, 3.8) is 0 Å². The lowest BCUT2D eigenvalue weighted by Gasteiger charge is -2.11. The first-order valence-corrected chi connectivity index (χ1v) is 4.29. The fourth-order valence-electron chi connectivity index (χ4n) is 0.250. The molecule has 2 nitrogen and oxygen atoms in total. The molecule has 2 N–H and O–H groups in total. The maximum absolute atomic E-state index is 12.7. The van der Waals surface area contributed by atoms with E-state index >= 15 is 0 Å². The van der Waals surface area contributed by atoms with Gasteiger partial charge >= 0.3 is 0 Å². The first-order valence-electron chi connectivity index (χ1n) is 2.43. The van der Waals surface area contributed by atoms with Crippen LogP contribution in [0.25, 0.3) is 0 Å². The predicted octanol–water partition coefficient (Wildman–Crippen LogP) is 0.593. The maximum Gasteiger partial charge on any atom is 0.172 e. The molecule has 0 radical (unpaired) electrons. The van der Waals surface area contributed by atoms with E-state index in [0.29, 0.717) is 0 Å². The van der Waals surface area contributed by atoms with Gasteiger partial charge in [0.1, 0.15) is 0 Å². The Hall–Kier alpha value is -0.290. The molecule has 0 fully saturated rings. The Morgan fingerprint density at radius 3 is 2.78 bits per heavy atom. The first-order chi connectivity index (χ1) is 4.12. The third-order valence-electron chi connectivity index (χ3n) is 0.786. The molecular weight excluding hydrogens is 138 g/mol. The van der Waals surface area contributed by atoms with Crippen LogP contribution in [0, 0.1) is 12.3 Å². The topological polar surface area (TPSA) is 24.1 Å². The number of hydrogen-bond acceptors (Lipinski definition) is 2. The van der Waals surface area contributed by atoms with E-state index in [1.54, 1.807) is 0 Å². The predicted molar refractivity (Wildman–Crippen MR) is 41.0 cm³/mol. The molecule has 0 heterocycles. The summed E-state index contributed by atoms with van der Waals surface area (Å²) in [7, 11) is -1.33. The molecule has 1 unspecified atom stereocenters. The van der Waals surface area contributed by atoms with Gasteiger partial charge in [0.2, 0.25) is 0 Å². The Morgan fingerprint density at radius 2 is 2.44 bits per heavy atom. The van der Waals surface area contributed by atoms with Gasteiger partial charge in [-0.25, -0.2) is 5.09 Å². The lowest BCUT2D eigenvalue weighted by molar-refractivity contribution is 0.817. The highest BCUT2D eigenvalue weighted by atomic mass is 31.2. The zero-order valence-corrected chi connectivity index (χ0v) is 6.21. The molecule has 0 saturated heterocycles. The lowest BCUT2D eigenvalue weighted by atomic mass is 10.7. The van der Waals surface area contributed by atoms with Gasteiger partial charge in [0.05, 0.1) is 6.54 Å². The van der Waals surface area contributed by atoms with Crippen molar-refractivity contribution in [3.8, 4) is 12.3 Å². The third-order valence-corrected chi connectivity index (χ3v) is 2.15. The van der Waals surface area contributed by atoms with E-state index in [4.69, 9.17) is 6.42 Å². The summed E-state index contributed by atoms with van der Waals surface area (Å²) in [4.78, 5) is 0. The molecule has 52 valence electrons. The van der Waals surface area contributed by atoms with Gasteiger partial charge in [-0.15, -0.1) is 6.42 Å². The van der Waals surface area contributed by atoms with Crippen molar-refractivity contribution in [2.24, 2.45) is 0 Å². The average molecular weight is 148 g/mol. The number of rotatable bonds is 3. The van der Waals surface area contributed by atoms with Gasteiger partial charge in [-0.2, -0.15) is 4.20 Å². The molecule has 0 aliphatic heterocycles. The molecule has 0 aromatic carbocycles. The van der Waals surface area contributed by atoms with Crippen LogP contribution in [0.15, 0.2) is 0 Å². The Kier molecular flexibility index (Phi) is 3.56. The minimum atomic E-state index is -2.83. The zero-order chi connectivity index (χ0) is 7.33. The fourth-order valence-corrected chi connectivity index (χ4v) is 0.750. The molecule has 0 aliphatic carbocycles. The van der Waals surface area contributed by atoms with Gasteiger partial charge in [0.15, 0.2) is 7.50 Å². The minimum Gasteiger partial charge on any atom is -0.264 e. The Balaban J connectivity index is 3.63. The van der Waals surface area contributed by atoms with Gasteiger partial charge in [-0.3, -0.25) is 5.09 Å². The van der Waals surface area contributed by atoms with Crippen LogP contribution in [0.1, 0.15) is 0 Å². The lowest BCUT2D eigenvalue weighted by Crippen LogP contribution is -2.16. The van der Waals surface area contributed by atoms with Crippen LogP contribution in [0.2, 0.25) is 0 Å². The highest BCUT2D eigenvalue weighted by molar-refractivity contribution is 7.64. The second-order valence-electron chi connectivity index (χ2n) is 1.48. The molecule has 0 spiro atoms. The number of hydrogen-bond donors (Lipinski definition) is 2. The molecule has 9 heavy (non-hydrogen) atoms. The van der Waals surface area contributed by atoms with Gasteiger partial charge in [0.25, 0.3) is 0 Å². The SMILES string of the molecule is C#CCNP(=C)(F)NC. The van der Waals surface area contributed by atoms with Crippen LogP contribution in [-0.2, 0) is 0 Å². The second-order valence-corrected chi connectivity index (χ2v) is 3.68. The van der Waals surface area contributed by atoms with E-state index in [2.05, 4.69) is 22.4 Å². The summed E-state index contributed by atoms with van der Waals surface area (Å²) in [5.41, 5.74) is 0. The Bertz CT molecular complexity index is 161. The maximum atomic E-state index is 12.7. The minimum absolute atomic E-state index is 0.217. The Morgan fingerprint density at radius 1 is 1.89 bits per heavy atom. The van der Waals surface area contributed by atoms with Gasteiger partial charge < -0.3 is 0 Å². The summed E-state index contributed by atoms with van der Waals surface area (Å²) in [6, 6.07) is 0. The van der Waals surface area contributed by atoms with Crippen molar-refractivity contribution in [2.45, 2.75) is 0 Å². The summed E-state index contributed by atoms with van der Waals surface area (Å²) in [5.74, 6) is 2.25. The van der Waals surface area contributed by atoms with Gasteiger partial charge in [-0.1, -0.05) is 5.92 Å². The van der Waals surface area contributed by atoms with Crippen LogP contribution in [0.5, 0.6) is 0 Å². The summed E-state index contributed by atoms with van der Waals surface area (Å²) < 4.78 is 12.7. The van der Waals surface area contributed by atoms with Crippen LogP contribution >= 0.6 is 7.50 Å². The number of terminal acetylenes is 1. The molecule has 0 aromatic rings. The monoisotopic (exact) mass is 148 g/mol. The number of nitrogens with one attached hydrogen (secondary N) is 2. The second kappa shape index (κ2) is 3.68. The first kappa shape index (κ1) is 8.71. The van der Waals surface area contributed by atoms with Crippen LogP contribution in [-0.4, -0.2) is 19.9 Å². The Labute approximate surface area is 55.0 Å². The summed E-state index contributed by atoms with van der Waals surface area (Å²) >= 11 is 0. The summed E-state index contributed by atoms with van der Waals surface area (Å²) in [5, 5.41) is 4.85. The molecule has 0 amide bonds. The van der Waals surface area contributed by atoms with Crippen molar-refractivity contribution in [2.75, 3.05) is 13.6 Å². The fraction of sp³-hybridized carbons (Fsp3) is 0.400. The molecule has 1 atom stereocenters. The molecule has 0 bridgehead atoms. The highest BCUT2D eigenvalue weighted by Crippen LogP contribution is 2.34. The van der Waals surface area contributed by atoms with E-state index in [1.807, 2.05) is 0 Å². The van der Waals surface area contributed by atoms with Crippen molar-refractivity contribution in [1.29, 1.82) is 0 Å². The number of halogens is 1. The molecule has 0 aliphatic rings. The summed E-state index contributed by atoms with van der Waals surface area (Å²) in [6.07, 6.45) is 8.13. The van der Waals surface area contributed by atoms with Crippen molar-refractivity contribution in [3.05, 3.63) is 0 Å². The van der Waals surface area contributed by atoms with Gasteiger partial charge in [-0.05, 0) is 13.3 Å². The van der Waals surface area contributed by atoms with E-state index < -0.39 is 7.50 Å². The molecule has 0 saturated carbocycles. The third kappa shape index (κ3) is 4.23. The van der Waals surface area contributed by atoms with Crippen LogP contribution in [0.3, 0.4) is 0 Å². The van der Waals surface area contributed by atoms with E-state index in [0.717, 1.165) is 0 Å². The average Bonchev–Trinajstić information content (AvgIpc) is 1.84. The van der Waals surface area contributed by atoms with E-state index in [1.165, 1.54) is 7.05 Å². The van der Waals surface area contributed by atoms with Crippen molar-refractivity contribution in [1.82, 2.24) is 10.2 Å². The quantitative estimate of drug-likeness (QED) is 0.452. The normalized spacial score (nSPS) is 16.1. The van der Waals surface area contributed by atoms with Crippen LogP contribution < -0.4 is 10.2 Å². The molecule has 0 rings (SSSR count). The van der Waals surface area contributed by atoms with E-state index in [9.17, 15) is 4.20 Å². The van der Waals surface area contributed by atoms with Crippen molar-refractivity contribution >= 4 is 13.8 Å². The van der Waals surface area contributed by atoms with E-state index in [-0.39, 0.29) is 6.54 Å². The van der Waals surface area contributed by atoms with Crippen molar-refractivity contribution < 1.29 is 4.20 Å². The smallest absolute Gasteiger partial charge is 0.172 e. The molecular formula is C5H10FN2P. The largest absolute Gasteiger partial charge is 0.264 e. The van der Waals surface area contributed by atoms with Crippen LogP contribution in [0.4, 0.5) is 4.20 Å². The van der Waals surface area contributed by atoms with Gasteiger partial charge in [0, 0.05) is 0 Å². The highest BCUT2D eigenvalue weighted by Gasteiger charge is 2.04. The standard InChI is InChI=1S/C5H10FN2P/c1-4-5-8-9(3,6)7-2/h1,7-8H,3,5H2,2H3. The molecule has 0 aromatic heterocycles. The zero-order valence-electron chi connectivity index (χ0n) is 5.32.